The van der Waals surface area contributed by atoms with Gasteiger partial charge in [0.05, 0.1) is 0 Å². The highest BCUT2D eigenvalue weighted by molar-refractivity contribution is 6.42. The van der Waals surface area contributed by atoms with Crippen LogP contribution < -0.4 is 0 Å². The van der Waals surface area contributed by atoms with Crippen molar-refractivity contribution in [3.8, 4) is 0 Å². The average Bonchev–Trinajstić information content (AvgIpc) is 2.74. The van der Waals surface area contributed by atoms with Crippen LogP contribution in [0.4, 0.5) is 0 Å². The third kappa shape index (κ3) is 3.88. The Labute approximate surface area is 167 Å². The van der Waals surface area contributed by atoms with Crippen LogP contribution in [0.5, 0.6) is 0 Å². The molecule has 4 nitrogen and oxygen atoms in total. The van der Waals surface area contributed by atoms with E-state index in [1.807, 2.05) is 6.07 Å². The number of carbonyl (C=O) groups excluding carboxylic acids is 2. The summed E-state index contributed by atoms with van der Waals surface area (Å²) < 4.78 is 0. The first-order chi connectivity index (χ1) is 13.6. The lowest BCUT2D eigenvalue weighted by Crippen LogP contribution is -2.52. The van der Waals surface area contributed by atoms with Crippen LogP contribution in [0.25, 0.3) is 0 Å². The lowest BCUT2D eigenvalue weighted by atomic mass is 9.68. The van der Waals surface area contributed by atoms with Gasteiger partial charge in [-0.05, 0) is 43.2 Å². The van der Waals surface area contributed by atoms with Gasteiger partial charge in [0.25, 0.3) is 5.91 Å². The number of hydrogen-bond acceptors (Lipinski definition) is 3. The number of amides is 1. The molecule has 0 N–H and O–H groups in total. The Kier molecular flexibility index (Phi) is 5.31. The zero-order valence-electron chi connectivity index (χ0n) is 16.5. The lowest BCUT2D eigenvalue weighted by Gasteiger charge is -2.49. The predicted molar refractivity (Wildman–Crippen MR) is 110 cm³/mol. The SMILES string of the molecule is CN1C[C@H](c2ccccc2)CC2(CCN(C(=O)C(=O)c3ccccc3)CC2)C1. The Morgan fingerprint density at radius 1 is 0.929 bits per heavy atom. The molecule has 0 unspecified atom stereocenters. The second kappa shape index (κ2) is 7.88. The standard InChI is InChI=1S/C24H28N2O2/c1-25-17-21(19-8-4-2-5-9-19)16-24(18-25)12-14-26(15-13-24)23(28)22(27)20-10-6-3-7-11-20/h2-11,21H,12-18H2,1H3/t21-/m1/s1. The molecule has 2 heterocycles. The van der Waals surface area contributed by atoms with Crippen LogP contribution >= 0.6 is 0 Å². The molecule has 0 saturated carbocycles. The van der Waals surface area contributed by atoms with Crippen molar-refractivity contribution in [1.29, 1.82) is 0 Å². The van der Waals surface area contributed by atoms with Crippen LogP contribution in [0.2, 0.25) is 0 Å². The Bertz CT molecular complexity index is 826. The number of carbonyl (C=O) groups is 2. The minimum absolute atomic E-state index is 0.236. The number of ketones is 1. The van der Waals surface area contributed by atoms with E-state index in [1.165, 1.54) is 5.56 Å². The van der Waals surface area contributed by atoms with Crippen molar-refractivity contribution in [2.45, 2.75) is 25.2 Å². The van der Waals surface area contributed by atoms with E-state index >= 15 is 0 Å². The van der Waals surface area contributed by atoms with E-state index in [0.717, 1.165) is 32.4 Å². The Morgan fingerprint density at radius 3 is 2.18 bits per heavy atom. The predicted octanol–water partition coefficient (Wildman–Crippen LogP) is 3.60. The monoisotopic (exact) mass is 376 g/mol. The molecular formula is C24H28N2O2. The molecule has 2 aromatic rings. The quantitative estimate of drug-likeness (QED) is 0.607. The number of hydrogen-bond donors (Lipinski definition) is 0. The van der Waals surface area contributed by atoms with Gasteiger partial charge in [0.15, 0.2) is 0 Å². The molecular weight excluding hydrogens is 348 g/mol. The highest BCUT2D eigenvalue weighted by Crippen LogP contribution is 2.44. The molecule has 0 aliphatic carbocycles. The fourth-order valence-corrected chi connectivity index (χ4v) is 5.02. The molecule has 4 rings (SSSR count). The summed E-state index contributed by atoms with van der Waals surface area (Å²) in [4.78, 5) is 29.4. The molecule has 0 aromatic heterocycles. The second-order valence-corrected chi connectivity index (χ2v) is 8.50. The summed E-state index contributed by atoms with van der Waals surface area (Å²) >= 11 is 0. The number of likely N-dealkylation sites (N-methyl/N-ethyl adjacent to an activating group) is 1. The summed E-state index contributed by atoms with van der Waals surface area (Å²) in [6.07, 6.45) is 3.10. The van der Waals surface area contributed by atoms with Gasteiger partial charge in [-0.1, -0.05) is 60.7 Å². The van der Waals surface area contributed by atoms with Crippen molar-refractivity contribution in [1.82, 2.24) is 9.80 Å². The van der Waals surface area contributed by atoms with Crippen molar-refractivity contribution in [2.75, 3.05) is 33.2 Å². The largest absolute Gasteiger partial charge is 0.336 e. The van der Waals surface area contributed by atoms with Crippen LogP contribution in [0.1, 0.15) is 41.1 Å². The number of piperidine rings is 2. The summed E-state index contributed by atoms with van der Waals surface area (Å²) in [6.45, 7) is 3.51. The third-order valence-corrected chi connectivity index (χ3v) is 6.43. The number of nitrogens with zero attached hydrogens (tertiary/aromatic N) is 2. The number of benzene rings is 2. The van der Waals surface area contributed by atoms with Crippen LogP contribution in [-0.2, 0) is 4.79 Å². The molecule has 1 spiro atoms. The van der Waals surface area contributed by atoms with E-state index in [2.05, 4.69) is 42.3 Å². The zero-order chi connectivity index (χ0) is 19.6. The normalized spacial score (nSPS) is 22.2. The second-order valence-electron chi connectivity index (χ2n) is 8.50. The van der Waals surface area contributed by atoms with Crippen LogP contribution in [0.3, 0.4) is 0 Å². The van der Waals surface area contributed by atoms with E-state index in [4.69, 9.17) is 0 Å². The number of Topliss-reactive ketones (excluding diaryl/α,β-unsaturated/α-hetero) is 1. The molecule has 146 valence electrons. The highest BCUT2D eigenvalue weighted by Gasteiger charge is 2.42. The summed E-state index contributed by atoms with van der Waals surface area (Å²) in [5.74, 6) is -0.211. The molecule has 0 bridgehead atoms. The Hall–Kier alpha value is -2.46. The van der Waals surface area contributed by atoms with Crippen molar-refractivity contribution < 1.29 is 9.59 Å². The molecule has 2 aliphatic rings. The maximum Gasteiger partial charge on any atom is 0.294 e. The van der Waals surface area contributed by atoms with E-state index in [-0.39, 0.29) is 17.1 Å². The fraction of sp³-hybridized carbons (Fsp3) is 0.417. The van der Waals surface area contributed by atoms with Crippen molar-refractivity contribution in [3.05, 3.63) is 71.8 Å². The van der Waals surface area contributed by atoms with Gasteiger partial charge >= 0.3 is 0 Å². The molecule has 1 atom stereocenters. The third-order valence-electron chi connectivity index (χ3n) is 6.43. The zero-order valence-corrected chi connectivity index (χ0v) is 16.5. The molecule has 4 heteroatoms. The lowest BCUT2D eigenvalue weighted by molar-refractivity contribution is -0.129. The number of rotatable bonds is 3. The van der Waals surface area contributed by atoms with Crippen molar-refractivity contribution in [2.24, 2.45) is 5.41 Å². The first kappa shape index (κ1) is 18.9. The van der Waals surface area contributed by atoms with Gasteiger partial charge in [0.1, 0.15) is 0 Å². The topological polar surface area (TPSA) is 40.6 Å². The summed E-state index contributed by atoms with van der Waals surface area (Å²) in [5, 5.41) is 0. The molecule has 2 aromatic carbocycles. The Balaban J connectivity index is 1.42. The van der Waals surface area contributed by atoms with Crippen molar-refractivity contribution in [3.63, 3.8) is 0 Å². The fourth-order valence-electron chi connectivity index (χ4n) is 5.02. The first-order valence-electron chi connectivity index (χ1n) is 10.2. The minimum Gasteiger partial charge on any atom is -0.336 e. The molecule has 0 radical (unpaired) electrons. The van der Waals surface area contributed by atoms with Gasteiger partial charge < -0.3 is 9.80 Å². The molecule has 2 saturated heterocycles. The smallest absolute Gasteiger partial charge is 0.294 e. The summed E-state index contributed by atoms with van der Waals surface area (Å²) in [6, 6.07) is 19.6. The first-order valence-corrected chi connectivity index (χ1v) is 10.2. The van der Waals surface area contributed by atoms with Crippen LogP contribution in [-0.4, -0.2) is 54.7 Å². The van der Waals surface area contributed by atoms with Gasteiger partial charge in [-0.3, -0.25) is 9.59 Å². The van der Waals surface area contributed by atoms with Crippen LogP contribution in [0.15, 0.2) is 60.7 Å². The maximum atomic E-state index is 12.7. The van der Waals surface area contributed by atoms with E-state index < -0.39 is 0 Å². The summed E-state index contributed by atoms with van der Waals surface area (Å²) in [7, 11) is 2.20. The summed E-state index contributed by atoms with van der Waals surface area (Å²) in [5.41, 5.74) is 2.13. The molecule has 2 aliphatic heterocycles. The van der Waals surface area contributed by atoms with E-state index in [0.29, 0.717) is 24.6 Å². The highest BCUT2D eigenvalue weighted by atomic mass is 16.2. The minimum atomic E-state index is -0.389. The number of likely N-dealkylation sites (tertiary alicyclic amines) is 2. The van der Waals surface area contributed by atoms with Gasteiger partial charge in [0.2, 0.25) is 5.78 Å². The van der Waals surface area contributed by atoms with Gasteiger partial charge in [-0.25, -0.2) is 0 Å². The molecule has 1 amide bonds. The molecule has 28 heavy (non-hydrogen) atoms. The van der Waals surface area contributed by atoms with Crippen LogP contribution in [0, 0.1) is 5.41 Å². The van der Waals surface area contributed by atoms with E-state index in [9.17, 15) is 9.59 Å². The average molecular weight is 377 g/mol. The molecule has 2 fully saturated rings. The van der Waals surface area contributed by atoms with Gasteiger partial charge in [-0.15, -0.1) is 0 Å². The van der Waals surface area contributed by atoms with Gasteiger partial charge in [0, 0.05) is 31.7 Å². The van der Waals surface area contributed by atoms with E-state index in [1.54, 1.807) is 29.2 Å². The van der Waals surface area contributed by atoms with Crippen molar-refractivity contribution >= 4 is 11.7 Å². The Morgan fingerprint density at radius 2 is 1.54 bits per heavy atom. The van der Waals surface area contributed by atoms with Gasteiger partial charge in [-0.2, -0.15) is 0 Å². The maximum absolute atomic E-state index is 12.7.